The summed E-state index contributed by atoms with van der Waals surface area (Å²) in [6, 6.07) is 9.94. The minimum Gasteiger partial charge on any atom is -0.384 e. The third kappa shape index (κ3) is 3.85. The number of hydrogen-bond donors (Lipinski definition) is 1. The van der Waals surface area contributed by atoms with E-state index in [0.29, 0.717) is 0 Å². The van der Waals surface area contributed by atoms with Crippen molar-refractivity contribution in [2.75, 3.05) is 11.9 Å². The summed E-state index contributed by atoms with van der Waals surface area (Å²) in [5.74, 6) is 0. The Morgan fingerprint density at radius 3 is 2.65 bits per heavy atom. The molecule has 0 unspecified atom stereocenters. The Kier molecular flexibility index (Phi) is 4.62. The maximum atomic E-state index is 5.91. The second-order valence-corrected chi connectivity index (χ2v) is 5.26. The first-order valence-electron chi connectivity index (χ1n) is 5.33. The van der Waals surface area contributed by atoms with Crippen LogP contribution in [-0.2, 0) is 6.42 Å². The summed E-state index contributed by atoms with van der Waals surface area (Å²) in [7, 11) is 0. The average molecular weight is 359 g/mol. The van der Waals surface area contributed by atoms with Gasteiger partial charge in [-0.25, -0.2) is 0 Å². The molecule has 0 atom stereocenters. The van der Waals surface area contributed by atoms with Gasteiger partial charge in [-0.05, 0) is 64.9 Å². The summed E-state index contributed by atoms with van der Waals surface area (Å²) in [4.78, 5) is 4.00. The van der Waals surface area contributed by atoms with Gasteiger partial charge in [-0.1, -0.05) is 11.6 Å². The summed E-state index contributed by atoms with van der Waals surface area (Å²) in [6.07, 6.45) is 4.63. The van der Waals surface area contributed by atoms with Crippen LogP contribution in [0.3, 0.4) is 0 Å². The SMILES string of the molecule is Clc1ccc(NCCc2ccncc2)c(I)c1. The van der Waals surface area contributed by atoms with E-state index in [1.807, 2.05) is 42.7 Å². The maximum Gasteiger partial charge on any atom is 0.0477 e. The molecule has 4 heteroatoms. The van der Waals surface area contributed by atoms with E-state index in [1.165, 1.54) is 5.56 Å². The quantitative estimate of drug-likeness (QED) is 0.836. The lowest BCUT2D eigenvalue weighted by atomic mass is 10.2. The van der Waals surface area contributed by atoms with Gasteiger partial charge < -0.3 is 5.32 Å². The van der Waals surface area contributed by atoms with Crippen molar-refractivity contribution < 1.29 is 0 Å². The number of rotatable bonds is 4. The molecule has 1 N–H and O–H groups in total. The fourth-order valence-electron chi connectivity index (χ4n) is 1.52. The predicted octanol–water partition coefficient (Wildman–Crippen LogP) is 3.99. The molecular weight excluding hydrogens is 347 g/mol. The minimum absolute atomic E-state index is 0.772. The van der Waals surface area contributed by atoms with Gasteiger partial charge in [0.05, 0.1) is 0 Å². The zero-order valence-corrected chi connectivity index (χ0v) is 12.1. The number of nitrogens with zero attached hydrogens (tertiary/aromatic N) is 1. The zero-order valence-electron chi connectivity index (χ0n) is 9.16. The van der Waals surface area contributed by atoms with Crippen molar-refractivity contribution in [2.45, 2.75) is 6.42 Å². The first kappa shape index (κ1) is 12.6. The van der Waals surface area contributed by atoms with Crippen molar-refractivity contribution in [1.82, 2.24) is 4.98 Å². The van der Waals surface area contributed by atoms with Gasteiger partial charge >= 0.3 is 0 Å². The van der Waals surface area contributed by atoms with Crippen LogP contribution in [0.1, 0.15) is 5.56 Å². The first-order valence-corrected chi connectivity index (χ1v) is 6.79. The molecule has 1 aromatic carbocycles. The predicted molar refractivity (Wildman–Crippen MR) is 80.6 cm³/mol. The van der Waals surface area contributed by atoms with Gasteiger partial charge in [0, 0.05) is 33.2 Å². The van der Waals surface area contributed by atoms with Crippen LogP contribution in [0.25, 0.3) is 0 Å². The van der Waals surface area contributed by atoms with Crippen LogP contribution in [0.15, 0.2) is 42.7 Å². The largest absolute Gasteiger partial charge is 0.384 e. The van der Waals surface area contributed by atoms with Gasteiger partial charge in [0.25, 0.3) is 0 Å². The summed E-state index contributed by atoms with van der Waals surface area (Å²) in [5.41, 5.74) is 2.42. The molecule has 0 amide bonds. The average Bonchev–Trinajstić information content (AvgIpc) is 2.33. The number of hydrogen-bond acceptors (Lipinski definition) is 2. The molecule has 17 heavy (non-hydrogen) atoms. The molecule has 1 heterocycles. The van der Waals surface area contributed by atoms with E-state index in [0.717, 1.165) is 27.2 Å². The molecule has 1 aromatic heterocycles. The highest BCUT2D eigenvalue weighted by atomic mass is 127. The van der Waals surface area contributed by atoms with Gasteiger partial charge in [0.1, 0.15) is 0 Å². The number of anilines is 1. The van der Waals surface area contributed by atoms with E-state index in [9.17, 15) is 0 Å². The fraction of sp³-hybridized carbons (Fsp3) is 0.154. The van der Waals surface area contributed by atoms with Crippen molar-refractivity contribution >= 4 is 39.9 Å². The highest BCUT2D eigenvalue weighted by molar-refractivity contribution is 14.1. The lowest BCUT2D eigenvalue weighted by Crippen LogP contribution is -2.05. The molecule has 0 saturated carbocycles. The summed E-state index contributed by atoms with van der Waals surface area (Å²) in [6.45, 7) is 0.904. The summed E-state index contributed by atoms with van der Waals surface area (Å²) >= 11 is 8.19. The summed E-state index contributed by atoms with van der Waals surface area (Å²) < 4.78 is 1.14. The molecule has 0 radical (unpaired) electrons. The van der Waals surface area contributed by atoms with Crippen molar-refractivity contribution in [3.05, 3.63) is 56.9 Å². The normalized spacial score (nSPS) is 10.2. The van der Waals surface area contributed by atoms with E-state index < -0.39 is 0 Å². The van der Waals surface area contributed by atoms with Crippen LogP contribution < -0.4 is 5.32 Å². The number of nitrogens with one attached hydrogen (secondary N) is 1. The van der Waals surface area contributed by atoms with E-state index in [1.54, 1.807) is 0 Å². The van der Waals surface area contributed by atoms with Crippen LogP contribution in [0, 0.1) is 3.57 Å². The molecule has 2 rings (SSSR count). The third-order valence-electron chi connectivity index (χ3n) is 2.41. The zero-order chi connectivity index (χ0) is 12.1. The van der Waals surface area contributed by atoms with E-state index >= 15 is 0 Å². The van der Waals surface area contributed by atoms with Crippen LogP contribution in [0.5, 0.6) is 0 Å². The molecule has 0 spiro atoms. The topological polar surface area (TPSA) is 24.9 Å². The number of benzene rings is 1. The van der Waals surface area contributed by atoms with Crippen molar-refractivity contribution in [3.8, 4) is 0 Å². The van der Waals surface area contributed by atoms with Gasteiger partial charge in [0.15, 0.2) is 0 Å². The molecule has 2 nitrogen and oxygen atoms in total. The van der Waals surface area contributed by atoms with Crippen LogP contribution in [0.2, 0.25) is 5.02 Å². The number of pyridine rings is 1. The molecule has 0 aliphatic carbocycles. The smallest absolute Gasteiger partial charge is 0.0477 e. The Labute approximate surface area is 120 Å². The highest BCUT2D eigenvalue weighted by Crippen LogP contribution is 2.22. The molecule has 0 aliphatic heterocycles. The Morgan fingerprint density at radius 1 is 1.18 bits per heavy atom. The Balaban J connectivity index is 1.90. The van der Waals surface area contributed by atoms with Gasteiger partial charge in [-0.3, -0.25) is 4.98 Å². The van der Waals surface area contributed by atoms with E-state index in [2.05, 4.69) is 32.9 Å². The second-order valence-electron chi connectivity index (χ2n) is 3.66. The highest BCUT2D eigenvalue weighted by Gasteiger charge is 1.99. The van der Waals surface area contributed by atoms with Gasteiger partial charge in [-0.2, -0.15) is 0 Å². The van der Waals surface area contributed by atoms with Gasteiger partial charge in [-0.15, -0.1) is 0 Å². The standard InChI is InChI=1S/C13H12ClIN2/c14-11-1-2-13(12(15)9-11)17-8-5-10-3-6-16-7-4-10/h1-4,6-7,9,17H,5,8H2. The molecule has 2 aromatic rings. The molecular formula is C13H12ClIN2. The molecule has 88 valence electrons. The van der Waals surface area contributed by atoms with E-state index in [4.69, 9.17) is 11.6 Å². The molecule has 0 fully saturated rings. The second kappa shape index (κ2) is 6.21. The molecule has 0 saturated heterocycles. The summed E-state index contributed by atoms with van der Waals surface area (Å²) in [5, 5.41) is 4.17. The lowest BCUT2D eigenvalue weighted by Gasteiger charge is -2.08. The molecule has 0 aliphatic rings. The minimum atomic E-state index is 0.772. The lowest BCUT2D eigenvalue weighted by molar-refractivity contribution is 1.01. The van der Waals surface area contributed by atoms with Crippen LogP contribution in [0.4, 0.5) is 5.69 Å². The van der Waals surface area contributed by atoms with Crippen LogP contribution >= 0.6 is 34.2 Å². The fourth-order valence-corrected chi connectivity index (χ4v) is 2.59. The van der Waals surface area contributed by atoms with Crippen molar-refractivity contribution in [3.63, 3.8) is 0 Å². The molecule has 0 bridgehead atoms. The Hall–Kier alpha value is -0.810. The number of halogens is 2. The van der Waals surface area contributed by atoms with Gasteiger partial charge in [0.2, 0.25) is 0 Å². The number of aromatic nitrogens is 1. The Bertz CT molecular complexity index is 488. The van der Waals surface area contributed by atoms with Crippen LogP contribution in [-0.4, -0.2) is 11.5 Å². The Morgan fingerprint density at radius 2 is 1.94 bits per heavy atom. The van der Waals surface area contributed by atoms with E-state index in [-0.39, 0.29) is 0 Å². The monoisotopic (exact) mass is 358 g/mol. The third-order valence-corrected chi connectivity index (χ3v) is 3.54. The maximum absolute atomic E-state index is 5.91. The van der Waals surface area contributed by atoms with Crippen molar-refractivity contribution in [1.29, 1.82) is 0 Å². The first-order chi connectivity index (χ1) is 8.25. The van der Waals surface area contributed by atoms with Crippen molar-refractivity contribution in [2.24, 2.45) is 0 Å².